The Morgan fingerprint density at radius 1 is 1.00 bits per heavy atom. The zero-order valence-corrected chi connectivity index (χ0v) is 18.9. The van der Waals surface area contributed by atoms with E-state index in [0.717, 1.165) is 10.1 Å². The minimum absolute atomic E-state index is 0.0890. The van der Waals surface area contributed by atoms with Crippen molar-refractivity contribution in [2.75, 3.05) is 20.8 Å². The van der Waals surface area contributed by atoms with Gasteiger partial charge in [-0.3, -0.25) is 25.8 Å². The largest absolute Gasteiger partial charge is 0.497 e. The zero-order valence-electron chi connectivity index (χ0n) is 16.5. The minimum atomic E-state index is -0.494. The predicted molar refractivity (Wildman–Crippen MR) is 123 cm³/mol. The highest BCUT2D eigenvalue weighted by molar-refractivity contribution is 7.80. The van der Waals surface area contributed by atoms with Crippen molar-refractivity contribution < 1.29 is 23.8 Å². The van der Waals surface area contributed by atoms with E-state index in [4.69, 9.17) is 38.0 Å². The first-order valence-electron chi connectivity index (χ1n) is 8.84. The van der Waals surface area contributed by atoms with Crippen LogP contribution in [0.15, 0.2) is 42.5 Å². The molecule has 0 fully saturated rings. The van der Waals surface area contributed by atoms with Crippen molar-refractivity contribution in [1.29, 1.82) is 0 Å². The Labute approximate surface area is 192 Å². The molecule has 2 amide bonds. The van der Waals surface area contributed by atoms with Crippen LogP contribution in [0.1, 0.15) is 9.67 Å². The lowest BCUT2D eigenvalue weighted by Crippen LogP contribution is -2.49. The quantitative estimate of drug-likeness (QED) is 0.368. The summed E-state index contributed by atoms with van der Waals surface area (Å²) in [4.78, 5) is 24.7. The second-order valence-corrected chi connectivity index (χ2v) is 7.87. The molecule has 0 unspecified atom stereocenters. The Hall–Kier alpha value is -3.08. The van der Waals surface area contributed by atoms with Gasteiger partial charge in [-0.2, -0.15) is 0 Å². The summed E-state index contributed by atoms with van der Waals surface area (Å²) in [5, 5.41) is 3.44. The first kappa shape index (κ1) is 22.6. The maximum Gasteiger partial charge on any atom is 0.276 e. The number of thiophene rings is 1. The monoisotopic (exact) mass is 479 g/mol. The lowest BCUT2D eigenvalue weighted by Gasteiger charge is -2.11. The van der Waals surface area contributed by atoms with Crippen molar-refractivity contribution in [3.8, 4) is 17.2 Å². The van der Waals surface area contributed by atoms with Crippen LogP contribution in [-0.4, -0.2) is 37.8 Å². The summed E-state index contributed by atoms with van der Waals surface area (Å²) >= 11 is 12.6. The smallest absolute Gasteiger partial charge is 0.276 e. The van der Waals surface area contributed by atoms with Crippen LogP contribution in [0, 0.1) is 0 Å². The fourth-order valence-corrected chi connectivity index (χ4v) is 4.08. The van der Waals surface area contributed by atoms with Crippen LogP contribution in [0.3, 0.4) is 0 Å². The van der Waals surface area contributed by atoms with E-state index in [1.807, 2.05) is 0 Å². The summed E-state index contributed by atoms with van der Waals surface area (Å²) in [7, 11) is 3.12. The molecule has 2 aromatic carbocycles. The van der Waals surface area contributed by atoms with E-state index in [1.54, 1.807) is 56.7 Å². The van der Waals surface area contributed by atoms with Gasteiger partial charge in [-0.1, -0.05) is 11.6 Å². The van der Waals surface area contributed by atoms with Gasteiger partial charge in [-0.05, 0) is 54.7 Å². The number of methoxy groups -OCH3 is 2. The second-order valence-electron chi connectivity index (χ2n) is 6.03. The molecule has 0 saturated carbocycles. The molecule has 1 aromatic heterocycles. The van der Waals surface area contributed by atoms with Gasteiger partial charge in [0.15, 0.2) is 11.7 Å². The van der Waals surface area contributed by atoms with Crippen LogP contribution in [0.5, 0.6) is 17.2 Å². The molecule has 0 aliphatic rings. The highest BCUT2D eigenvalue weighted by Crippen LogP contribution is 2.37. The normalized spacial score (nSPS) is 10.3. The molecule has 0 saturated heterocycles. The van der Waals surface area contributed by atoms with Crippen LogP contribution in [-0.2, 0) is 4.79 Å². The number of thiocarbonyl (C=S) groups is 1. The molecule has 0 bridgehead atoms. The summed E-state index contributed by atoms with van der Waals surface area (Å²) < 4.78 is 16.4. The average Bonchev–Trinajstić information content (AvgIpc) is 3.12. The molecule has 3 rings (SSSR count). The topological polar surface area (TPSA) is 97.9 Å². The Bertz CT molecular complexity index is 1120. The van der Waals surface area contributed by atoms with Crippen LogP contribution in [0.25, 0.3) is 10.1 Å². The average molecular weight is 480 g/mol. The van der Waals surface area contributed by atoms with Crippen LogP contribution >= 0.6 is 35.2 Å². The number of rotatable bonds is 6. The minimum Gasteiger partial charge on any atom is -0.497 e. The summed E-state index contributed by atoms with van der Waals surface area (Å²) in [6.07, 6.45) is 0. The zero-order chi connectivity index (χ0) is 22.4. The molecule has 0 spiro atoms. The van der Waals surface area contributed by atoms with Crippen LogP contribution < -0.4 is 30.4 Å². The van der Waals surface area contributed by atoms with Crippen LogP contribution in [0.2, 0.25) is 5.02 Å². The van der Waals surface area contributed by atoms with Gasteiger partial charge in [0.25, 0.3) is 11.8 Å². The Morgan fingerprint density at radius 2 is 1.65 bits per heavy atom. The Morgan fingerprint density at radius 3 is 2.32 bits per heavy atom. The number of halogens is 1. The molecule has 0 aliphatic heterocycles. The molecule has 0 radical (unpaired) electrons. The van der Waals surface area contributed by atoms with Gasteiger partial charge in [0.05, 0.1) is 19.2 Å². The summed E-state index contributed by atoms with van der Waals surface area (Å²) in [5.41, 5.74) is 4.80. The van der Waals surface area contributed by atoms with Crippen molar-refractivity contribution in [1.82, 2.24) is 16.2 Å². The molecule has 0 aliphatic carbocycles. The molecule has 0 atom stereocenters. The maximum atomic E-state index is 12.5. The molecule has 162 valence electrons. The fraction of sp³-hybridized carbons (Fsp3) is 0.150. The Balaban J connectivity index is 1.49. The maximum absolute atomic E-state index is 12.5. The number of carbonyl (C=O) groups is 2. The van der Waals surface area contributed by atoms with Gasteiger partial charge in [-0.15, -0.1) is 11.3 Å². The first-order valence-corrected chi connectivity index (χ1v) is 10.4. The van der Waals surface area contributed by atoms with E-state index >= 15 is 0 Å². The number of carbonyl (C=O) groups excluding carboxylic acids is 2. The third-order valence-corrected chi connectivity index (χ3v) is 5.87. The highest BCUT2D eigenvalue weighted by Gasteiger charge is 2.18. The second kappa shape index (κ2) is 10.3. The first-order chi connectivity index (χ1) is 14.9. The summed E-state index contributed by atoms with van der Waals surface area (Å²) in [5.74, 6) is 0.861. The van der Waals surface area contributed by atoms with Gasteiger partial charge in [-0.25, -0.2) is 0 Å². The standard InChI is InChI=1S/C20H18ClN3O5S2/c1-27-11-3-5-12(6-4-11)29-10-16(25)23-24-20(30)22-19(26)18-17(21)14-8-7-13(28-2)9-15(14)31-18/h3-9H,10H2,1-2H3,(H,23,25)(H2,22,24,26,30). The number of hydrogen-bond acceptors (Lipinski definition) is 7. The summed E-state index contributed by atoms with van der Waals surface area (Å²) in [6, 6.07) is 12.1. The lowest BCUT2D eigenvalue weighted by atomic mass is 10.2. The number of benzene rings is 2. The summed E-state index contributed by atoms with van der Waals surface area (Å²) in [6.45, 7) is -0.250. The van der Waals surface area contributed by atoms with E-state index in [-0.39, 0.29) is 11.7 Å². The van der Waals surface area contributed by atoms with Crippen molar-refractivity contribution >= 4 is 62.2 Å². The highest BCUT2D eigenvalue weighted by atomic mass is 35.5. The third-order valence-electron chi connectivity index (χ3n) is 4.01. The van der Waals surface area contributed by atoms with E-state index < -0.39 is 11.8 Å². The fourth-order valence-electron chi connectivity index (χ4n) is 2.49. The van der Waals surface area contributed by atoms with Crippen molar-refractivity contribution in [3.63, 3.8) is 0 Å². The van der Waals surface area contributed by atoms with Crippen molar-refractivity contribution in [2.24, 2.45) is 0 Å². The molecule has 1 heterocycles. The molecule has 8 nitrogen and oxygen atoms in total. The van der Waals surface area contributed by atoms with Gasteiger partial charge >= 0.3 is 0 Å². The lowest BCUT2D eigenvalue weighted by molar-refractivity contribution is -0.123. The molecule has 3 N–H and O–H groups in total. The van der Waals surface area contributed by atoms with E-state index in [9.17, 15) is 9.59 Å². The number of amides is 2. The number of hydrazine groups is 1. The number of fused-ring (bicyclic) bond motifs is 1. The SMILES string of the molecule is COc1ccc(OCC(=O)NNC(=S)NC(=O)c2sc3cc(OC)ccc3c2Cl)cc1. The molecular weight excluding hydrogens is 462 g/mol. The molecule has 11 heteroatoms. The number of hydrogen-bond donors (Lipinski definition) is 3. The molecular formula is C20H18ClN3O5S2. The van der Waals surface area contributed by atoms with Crippen molar-refractivity contribution in [2.45, 2.75) is 0 Å². The van der Waals surface area contributed by atoms with E-state index in [2.05, 4.69) is 16.2 Å². The van der Waals surface area contributed by atoms with Gasteiger partial charge in [0.2, 0.25) is 0 Å². The molecule has 31 heavy (non-hydrogen) atoms. The molecule has 3 aromatic rings. The van der Waals surface area contributed by atoms with Crippen LogP contribution in [0.4, 0.5) is 0 Å². The van der Waals surface area contributed by atoms with E-state index in [1.165, 1.54) is 11.3 Å². The number of nitrogens with one attached hydrogen (secondary N) is 3. The van der Waals surface area contributed by atoms with Crippen molar-refractivity contribution in [3.05, 3.63) is 52.4 Å². The third kappa shape index (κ3) is 5.75. The predicted octanol–water partition coefficient (Wildman–Crippen LogP) is 3.29. The number of ether oxygens (including phenoxy) is 3. The van der Waals surface area contributed by atoms with Gasteiger partial charge in [0, 0.05) is 10.1 Å². The van der Waals surface area contributed by atoms with Gasteiger partial charge < -0.3 is 14.2 Å². The van der Waals surface area contributed by atoms with Gasteiger partial charge in [0.1, 0.15) is 22.1 Å². The Kier molecular flexibility index (Phi) is 7.50. The van der Waals surface area contributed by atoms with E-state index in [0.29, 0.717) is 27.1 Å².